The third-order valence-corrected chi connectivity index (χ3v) is 1.75. The molecule has 0 rings (SSSR count). The fourth-order valence-corrected chi connectivity index (χ4v) is 1.01. The van der Waals surface area contributed by atoms with E-state index in [1.54, 1.807) is 0 Å². The van der Waals surface area contributed by atoms with Gasteiger partial charge in [-0.25, -0.2) is 0 Å². The van der Waals surface area contributed by atoms with Crippen molar-refractivity contribution < 1.29 is 0 Å². The summed E-state index contributed by atoms with van der Waals surface area (Å²) in [4.78, 5) is 0. The van der Waals surface area contributed by atoms with Crippen LogP contribution in [-0.2, 0) is 0 Å². The maximum Gasteiger partial charge on any atom is -0.00460 e. The Morgan fingerprint density at radius 3 is 2.75 bits per heavy atom. The Labute approximate surface area is 76.6 Å². The van der Waals surface area contributed by atoms with E-state index in [2.05, 4.69) is 37.4 Å². The van der Waals surface area contributed by atoms with E-state index in [9.17, 15) is 0 Å². The fraction of sp³-hybridized carbons (Fsp3) is 0.636. The molecule has 0 aliphatic carbocycles. The molecule has 12 heavy (non-hydrogen) atoms. The third-order valence-electron chi connectivity index (χ3n) is 1.75. The molecule has 0 aliphatic heterocycles. The van der Waals surface area contributed by atoms with Gasteiger partial charge in [0.2, 0.25) is 0 Å². The lowest BCUT2D eigenvalue weighted by molar-refractivity contribution is 0.670. The molecule has 0 spiro atoms. The smallest absolute Gasteiger partial charge is 0.00460 e. The van der Waals surface area contributed by atoms with Crippen molar-refractivity contribution in [2.24, 2.45) is 0 Å². The van der Waals surface area contributed by atoms with Crippen molar-refractivity contribution >= 4 is 0 Å². The van der Waals surface area contributed by atoms with E-state index in [1.165, 1.54) is 18.4 Å². The van der Waals surface area contributed by atoms with Crippen molar-refractivity contribution in [1.29, 1.82) is 0 Å². The van der Waals surface area contributed by atoms with Crippen molar-refractivity contribution in [2.45, 2.75) is 33.6 Å². The molecule has 0 aromatic heterocycles. The van der Waals surface area contributed by atoms with Gasteiger partial charge in [0.25, 0.3) is 0 Å². The van der Waals surface area contributed by atoms with Crippen LogP contribution in [0.2, 0.25) is 0 Å². The molecule has 0 heterocycles. The Morgan fingerprint density at radius 1 is 1.42 bits per heavy atom. The average molecular weight is 167 g/mol. The molecule has 0 radical (unpaired) electrons. The van der Waals surface area contributed by atoms with E-state index in [0.717, 1.165) is 13.1 Å². The molecule has 0 aromatic rings. The maximum absolute atomic E-state index is 3.31. The highest BCUT2D eigenvalue weighted by Crippen LogP contribution is 2.02. The first-order chi connectivity index (χ1) is 5.81. The van der Waals surface area contributed by atoms with Gasteiger partial charge < -0.3 is 5.32 Å². The van der Waals surface area contributed by atoms with Crippen LogP contribution in [0, 0.1) is 0 Å². The van der Waals surface area contributed by atoms with E-state index in [1.807, 2.05) is 6.92 Å². The summed E-state index contributed by atoms with van der Waals surface area (Å²) in [6.45, 7) is 8.59. The SMILES string of the molecule is C/C=C\C=C(/C)CCCNCC. The van der Waals surface area contributed by atoms with Gasteiger partial charge >= 0.3 is 0 Å². The minimum atomic E-state index is 1.08. The highest BCUT2D eigenvalue weighted by molar-refractivity contribution is 5.09. The molecule has 0 fully saturated rings. The molecule has 0 bridgehead atoms. The summed E-state index contributed by atoms with van der Waals surface area (Å²) in [7, 11) is 0. The van der Waals surface area contributed by atoms with Gasteiger partial charge in [0, 0.05) is 0 Å². The second kappa shape index (κ2) is 8.54. The van der Waals surface area contributed by atoms with Gasteiger partial charge in [0.1, 0.15) is 0 Å². The maximum atomic E-state index is 3.31. The summed E-state index contributed by atoms with van der Waals surface area (Å²) in [5, 5.41) is 3.31. The van der Waals surface area contributed by atoms with Crippen molar-refractivity contribution in [3.8, 4) is 0 Å². The Kier molecular flexibility index (Phi) is 8.14. The van der Waals surface area contributed by atoms with E-state index in [0.29, 0.717) is 0 Å². The van der Waals surface area contributed by atoms with Gasteiger partial charge in [-0.05, 0) is 39.8 Å². The molecule has 0 atom stereocenters. The summed E-state index contributed by atoms with van der Waals surface area (Å²) in [5.41, 5.74) is 1.46. The number of nitrogens with one attached hydrogen (secondary N) is 1. The number of hydrogen-bond donors (Lipinski definition) is 1. The van der Waals surface area contributed by atoms with E-state index >= 15 is 0 Å². The first kappa shape index (κ1) is 11.4. The third kappa shape index (κ3) is 7.55. The summed E-state index contributed by atoms with van der Waals surface area (Å²) < 4.78 is 0. The zero-order valence-corrected chi connectivity index (χ0v) is 8.56. The molecule has 0 aromatic carbocycles. The van der Waals surface area contributed by atoms with Crippen LogP contribution in [0.5, 0.6) is 0 Å². The van der Waals surface area contributed by atoms with Crippen molar-refractivity contribution in [3.05, 3.63) is 23.8 Å². The Morgan fingerprint density at radius 2 is 2.17 bits per heavy atom. The largest absolute Gasteiger partial charge is 0.317 e. The molecular weight excluding hydrogens is 146 g/mol. The van der Waals surface area contributed by atoms with Crippen LogP contribution in [0.25, 0.3) is 0 Å². The lowest BCUT2D eigenvalue weighted by Gasteiger charge is -2.00. The predicted molar refractivity (Wildman–Crippen MR) is 56.3 cm³/mol. The average Bonchev–Trinajstić information content (AvgIpc) is 2.09. The Bertz CT molecular complexity index is 145. The number of rotatable bonds is 6. The van der Waals surface area contributed by atoms with Crippen LogP contribution in [0.4, 0.5) is 0 Å². The van der Waals surface area contributed by atoms with Crippen LogP contribution >= 0.6 is 0 Å². The zero-order chi connectivity index (χ0) is 9.23. The van der Waals surface area contributed by atoms with Gasteiger partial charge in [-0.3, -0.25) is 0 Å². The Balaban J connectivity index is 3.36. The van der Waals surface area contributed by atoms with E-state index < -0.39 is 0 Å². The van der Waals surface area contributed by atoms with Crippen molar-refractivity contribution in [1.82, 2.24) is 5.32 Å². The van der Waals surface area contributed by atoms with Gasteiger partial charge in [0.15, 0.2) is 0 Å². The second-order valence-corrected chi connectivity index (χ2v) is 3.00. The lowest BCUT2D eigenvalue weighted by Crippen LogP contribution is -2.13. The second-order valence-electron chi connectivity index (χ2n) is 3.00. The Hall–Kier alpha value is -0.560. The minimum absolute atomic E-state index is 1.08. The monoisotopic (exact) mass is 167 g/mol. The van der Waals surface area contributed by atoms with Gasteiger partial charge in [0.05, 0.1) is 0 Å². The first-order valence-electron chi connectivity index (χ1n) is 4.80. The zero-order valence-electron chi connectivity index (χ0n) is 8.56. The quantitative estimate of drug-likeness (QED) is 0.474. The van der Waals surface area contributed by atoms with Crippen LogP contribution in [0.3, 0.4) is 0 Å². The molecular formula is C11H21N. The van der Waals surface area contributed by atoms with Gasteiger partial charge in [-0.15, -0.1) is 0 Å². The van der Waals surface area contributed by atoms with E-state index in [4.69, 9.17) is 0 Å². The molecule has 0 aliphatic rings. The summed E-state index contributed by atoms with van der Waals surface area (Å²) >= 11 is 0. The van der Waals surface area contributed by atoms with Crippen LogP contribution in [-0.4, -0.2) is 13.1 Å². The minimum Gasteiger partial charge on any atom is -0.317 e. The highest BCUT2D eigenvalue weighted by Gasteiger charge is 1.88. The van der Waals surface area contributed by atoms with Gasteiger partial charge in [-0.2, -0.15) is 0 Å². The molecule has 0 amide bonds. The predicted octanol–water partition coefficient (Wildman–Crippen LogP) is 2.90. The highest BCUT2D eigenvalue weighted by atomic mass is 14.8. The van der Waals surface area contributed by atoms with Crippen molar-refractivity contribution in [3.63, 3.8) is 0 Å². The van der Waals surface area contributed by atoms with Crippen LogP contribution in [0.15, 0.2) is 23.8 Å². The molecule has 0 saturated heterocycles. The van der Waals surface area contributed by atoms with E-state index in [-0.39, 0.29) is 0 Å². The summed E-state index contributed by atoms with van der Waals surface area (Å²) in [6, 6.07) is 0. The fourth-order valence-electron chi connectivity index (χ4n) is 1.01. The van der Waals surface area contributed by atoms with Gasteiger partial charge in [-0.1, -0.05) is 30.7 Å². The number of hydrogen-bond acceptors (Lipinski definition) is 1. The molecule has 1 heteroatoms. The number of allylic oxidation sites excluding steroid dienone is 4. The molecule has 0 unspecified atom stereocenters. The molecule has 70 valence electrons. The topological polar surface area (TPSA) is 12.0 Å². The van der Waals surface area contributed by atoms with Crippen LogP contribution < -0.4 is 5.32 Å². The molecule has 0 saturated carbocycles. The first-order valence-corrected chi connectivity index (χ1v) is 4.80. The van der Waals surface area contributed by atoms with Crippen LogP contribution in [0.1, 0.15) is 33.6 Å². The summed E-state index contributed by atoms with van der Waals surface area (Å²) in [5.74, 6) is 0. The normalized spacial score (nSPS) is 12.8. The standard InChI is InChI=1S/C11H21N/c1-4-6-8-11(3)9-7-10-12-5-2/h4,6,8,12H,5,7,9-10H2,1-3H3/b6-4-,11-8+. The molecule has 1 N–H and O–H groups in total. The lowest BCUT2D eigenvalue weighted by atomic mass is 10.1. The molecule has 1 nitrogen and oxygen atoms in total. The summed E-state index contributed by atoms with van der Waals surface area (Å²) in [6.07, 6.45) is 8.80. The van der Waals surface area contributed by atoms with Crippen molar-refractivity contribution in [2.75, 3.05) is 13.1 Å².